The molecule has 0 radical (unpaired) electrons. The van der Waals surface area contributed by atoms with E-state index in [-0.39, 0.29) is 0 Å². The summed E-state index contributed by atoms with van der Waals surface area (Å²) in [4.78, 5) is 14.0. The number of pyridine rings is 1. The van der Waals surface area contributed by atoms with Crippen molar-refractivity contribution in [1.29, 1.82) is 0 Å². The van der Waals surface area contributed by atoms with E-state index in [4.69, 9.17) is 23.2 Å². The maximum Gasteiger partial charge on any atom is 0.192 e. The van der Waals surface area contributed by atoms with E-state index >= 15 is 0 Å². The molecular formula is C15H11Cl2N3S. The van der Waals surface area contributed by atoms with Crippen molar-refractivity contribution in [2.24, 2.45) is 0 Å². The number of fused-ring (bicyclic) bond motifs is 1. The van der Waals surface area contributed by atoms with E-state index in [2.05, 4.69) is 21.9 Å². The number of halogens is 2. The molecule has 3 rings (SSSR count). The first-order valence-corrected chi connectivity index (χ1v) is 7.97. The summed E-state index contributed by atoms with van der Waals surface area (Å²) in [5.74, 6) is 0. The highest BCUT2D eigenvalue weighted by Crippen LogP contribution is 2.36. The maximum absolute atomic E-state index is 6.30. The average molecular weight is 336 g/mol. The first-order chi connectivity index (χ1) is 10.2. The van der Waals surface area contributed by atoms with Crippen LogP contribution in [0, 0.1) is 0 Å². The lowest BCUT2D eigenvalue weighted by atomic mass is 10.2. The van der Waals surface area contributed by atoms with Gasteiger partial charge in [0.25, 0.3) is 0 Å². The summed E-state index contributed by atoms with van der Waals surface area (Å²) in [6, 6.07) is 5.43. The molecule has 0 aliphatic rings. The van der Waals surface area contributed by atoms with Crippen LogP contribution in [0.3, 0.4) is 0 Å². The molecule has 3 aromatic rings. The van der Waals surface area contributed by atoms with Crippen molar-refractivity contribution in [2.45, 2.75) is 23.4 Å². The number of hydrogen-bond donors (Lipinski definition) is 0. The zero-order chi connectivity index (χ0) is 14.8. The smallest absolute Gasteiger partial charge is 0.192 e. The summed E-state index contributed by atoms with van der Waals surface area (Å²) in [6.07, 6.45) is 6.35. The Morgan fingerprint density at radius 1 is 1.10 bits per heavy atom. The zero-order valence-corrected chi connectivity index (χ0v) is 13.5. The molecule has 0 saturated heterocycles. The minimum atomic E-state index is 0.575. The quantitative estimate of drug-likeness (QED) is 0.628. The summed E-state index contributed by atoms with van der Waals surface area (Å²) in [7, 11) is 0. The third kappa shape index (κ3) is 3.12. The fourth-order valence-electron chi connectivity index (χ4n) is 1.94. The largest absolute Gasteiger partial charge is 0.256 e. The van der Waals surface area contributed by atoms with Crippen molar-refractivity contribution in [3.63, 3.8) is 0 Å². The van der Waals surface area contributed by atoms with Gasteiger partial charge in [0.05, 0.1) is 10.5 Å². The van der Waals surface area contributed by atoms with Crippen LogP contribution in [0.5, 0.6) is 0 Å². The Morgan fingerprint density at radius 3 is 2.57 bits per heavy atom. The van der Waals surface area contributed by atoms with Gasteiger partial charge in [-0.3, -0.25) is 4.98 Å². The maximum atomic E-state index is 6.30. The minimum absolute atomic E-state index is 0.575. The molecule has 0 N–H and O–H groups in total. The van der Waals surface area contributed by atoms with Gasteiger partial charge in [-0.2, -0.15) is 0 Å². The molecule has 0 atom stereocenters. The standard InChI is InChI=1S/C15H11Cl2N3S/c1-2-9-7-19-15(20-8-9)21-13-3-4-18-12-6-10(16)5-11(17)14(12)13/h3-8H,2H2,1H3. The molecule has 3 nitrogen and oxygen atoms in total. The van der Waals surface area contributed by atoms with Gasteiger partial charge in [0.1, 0.15) is 0 Å². The fraction of sp³-hybridized carbons (Fsp3) is 0.133. The van der Waals surface area contributed by atoms with Gasteiger partial charge in [-0.05, 0) is 41.9 Å². The van der Waals surface area contributed by atoms with Gasteiger partial charge in [0.15, 0.2) is 5.16 Å². The van der Waals surface area contributed by atoms with Crippen LogP contribution in [0.25, 0.3) is 10.9 Å². The van der Waals surface area contributed by atoms with Gasteiger partial charge in [0, 0.05) is 33.9 Å². The molecule has 0 saturated carbocycles. The van der Waals surface area contributed by atoms with Crippen LogP contribution in [0.2, 0.25) is 10.0 Å². The lowest BCUT2D eigenvalue weighted by molar-refractivity contribution is 0.925. The van der Waals surface area contributed by atoms with E-state index < -0.39 is 0 Å². The lowest BCUT2D eigenvalue weighted by Crippen LogP contribution is -1.90. The molecule has 21 heavy (non-hydrogen) atoms. The second-order valence-electron chi connectivity index (χ2n) is 4.42. The molecule has 1 aromatic carbocycles. The number of hydrogen-bond acceptors (Lipinski definition) is 4. The van der Waals surface area contributed by atoms with Crippen molar-refractivity contribution in [1.82, 2.24) is 15.0 Å². The Balaban J connectivity index is 2.03. The van der Waals surface area contributed by atoms with Crippen molar-refractivity contribution >= 4 is 45.9 Å². The van der Waals surface area contributed by atoms with Crippen LogP contribution in [-0.2, 0) is 6.42 Å². The third-order valence-electron chi connectivity index (χ3n) is 3.01. The monoisotopic (exact) mass is 335 g/mol. The highest BCUT2D eigenvalue weighted by Gasteiger charge is 2.10. The van der Waals surface area contributed by atoms with E-state index in [0.29, 0.717) is 15.2 Å². The minimum Gasteiger partial charge on any atom is -0.256 e. The Labute approximate surface area is 136 Å². The summed E-state index contributed by atoms with van der Waals surface area (Å²) in [5.41, 5.74) is 1.88. The number of aryl methyl sites for hydroxylation is 1. The van der Waals surface area contributed by atoms with Gasteiger partial charge in [-0.15, -0.1) is 0 Å². The highest BCUT2D eigenvalue weighted by molar-refractivity contribution is 7.99. The first kappa shape index (κ1) is 14.6. The van der Waals surface area contributed by atoms with Gasteiger partial charge in [-0.25, -0.2) is 9.97 Å². The molecule has 6 heteroatoms. The van der Waals surface area contributed by atoms with Crippen molar-refractivity contribution in [3.05, 3.63) is 52.4 Å². The Morgan fingerprint density at radius 2 is 1.86 bits per heavy atom. The Bertz CT molecular complexity index is 791. The second-order valence-corrected chi connectivity index (χ2v) is 6.27. The molecule has 0 amide bonds. The molecule has 0 bridgehead atoms. The normalized spacial score (nSPS) is 11.0. The van der Waals surface area contributed by atoms with E-state index in [0.717, 1.165) is 27.8 Å². The van der Waals surface area contributed by atoms with Crippen LogP contribution in [0.15, 0.2) is 46.8 Å². The number of rotatable bonds is 3. The van der Waals surface area contributed by atoms with Crippen molar-refractivity contribution in [2.75, 3.05) is 0 Å². The van der Waals surface area contributed by atoms with E-state index in [9.17, 15) is 0 Å². The molecule has 0 spiro atoms. The molecule has 106 valence electrons. The molecule has 0 aliphatic carbocycles. The van der Waals surface area contributed by atoms with Gasteiger partial charge < -0.3 is 0 Å². The van der Waals surface area contributed by atoms with Crippen LogP contribution < -0.4 is 0 Å². The predicted octanol–water partition coefficient (Wildman–Crippen LogP) is 5.05. The average Bonchev–Trinajstić information content (AvgIpc) is 2.47. The highest BCUT2D eigenvalue weighted by atomic mass is 35.5. The summed E-state index contributed by atoms with van der Waals surface area (Å²) < 4.78 is 0. The summed E-state index contributed by atoms with van der Waals surface area (Å²) in [6.45, 7) is 2.07. The zero-order valence-electron chi connectivity index (χ0n) is 11.2. The van der Waals surface area contributed by atoms with Gasteiger partial charge >= 0.3 is 0 Å². The number of nitrogens with zero attached hydrogens (tertiary/aromatic N) is 3. The predicted molar refractivity (Wildman–Crippen MR) is 87.3 cm³/mol. The van der Waals surface area contributed by atoms with Crippen LogP contribution in [0.1, 0.15) is 12.5 Å². The Kier molecular flexibility index (Phi) is 4.29. The van der Waals surface area contributed by atoms with E-state index in [1.807, 2.05) is 18.5 Å². The number of aromatic nitrogens is 3. The van der Waals surface area contributed by atoms with Crippen LogP contribution in [0.4, 0.5) is 0 Å². The lowest BCUT2D eigenvalue weighted by Gasteiger charge is -2.07. The molecule has 2 aromatic heterocycles. The van der Waals surface area contributed by atoms with Gasteiger partial charge in [0.2, 0.25) is 0 Å². The molecule has 0 fully saturated rings. The SMILES string of the molecule is CCc1cnc(Sc2ccnc3cc(Cl)cc(Cl)c23)nc1. The third-order valence-corrected chi connectivity index (χ3v) is 4.48. The number of benzene rings is 1. The summed E-state index contributed by atoms with van der Waals surface area (Å²) in [5, 5.41) is 2.71. The first-order valence-electron chi connectivity index (χ1n) is 6.40. The second kappa shape index (κ2) is 6.18. The summed E-state index contributed by atoms with van der Waals surface area (Å²) >= 11 is 13.8. The molecular weight excluding hydrogens is 325 g/mol. The Hall–Kier alpha value is -1.36. The van der Waals surface area contributed by atoms with Crippen LogP contribution >= 0.6 is 35.0 Å². The molecule has 0 unspecified atom stereocenters. The topological polar surface area (TPSA) is 38.7 Å². The van der Waals surface area contributed by atoms with E-state index in [1.54, 1.807) is 18.3 Å². The van der Waals surface area contributed by atoms with Gasteiger partial charge in [-0.1, -0.05) is 30.1 Å². The van der Waals surface area contributed by atoms with E-state index in [1.165, 1.54) is 11.8 Å². The molecule has 2 heterocycles. The molecule has 0 aliphatic heterocycles. The van der Waals surface area contributed by atoms with Crippen molar-refractivity contribution in [3.8, 4) is 0 Å². The van der Waals surface area contributed by atoms with Crippen LogP contribution in [-0.4, -0.2) is 15.0 Å². The van der Waals surface area contributed by atoms with Crippen molar-refractivity contribution < 1.29 is 0 Å². The fourth-order valence-corrected chi connectivity index (χ4v) is 3.43.